The molecule has 0 bridgehead atoms. The van der Waals surface area contributed by atoms with Crippen LogP contribution in [0.1, 0.15) is 36.7 Å². The normalized spacial score (nSPS) is 16.6. The summed E-state index contributed by atoms with van der Waals surface area (Å²) in [5.74, 6) is 1.18. The van der Waals surface area contributed by atoms with E-state index in [9.17, 15) is 13.2 Å². The van der Waals surface area contributed by atoms with Gasteiger partial charge in [-0.2, -0.15) is 17.5 Å². The maximum Gasteiger partial charge on any atom is 0.416 e. The van der Waals surface area contributed by atoms with Crippen LogP contribution >= 0.6 is 11.5 Å². The van der Waals surface area contributed by atoms with Crippen molar-refractivity contribution >= 4 is 16.7 Å². The molecule has 1 aromatic carbocycles. The molecule has 0 N–H and O–H groups in total. The van der Waals surface area contributed by atoms with Gasteiger partial charge in [0.25, 0.3) is 0 Å². The van der Waals surface area contributed by atoms with E-state index in [1.807, 2.05) is 0 Å². The minimum atomic E-state index is -4.29. The molecule has 0 atom stereocenters. The van der Waals surface area contributed by atoms with E-state index >= 15 is 0 Å². The average Bonchev–Trinajstić information content (AvgIpc) is 3.05. The molecule has 0 saturated carbocycles. The zero-order valence-electron chi connectivity index (χ0n) is 14.3. The SMILES string of the molecule is CC(C)c1nsc(N2CCN(Cc3cccc(C(F)(F)F)c3)CC2)n1. The Morgan fingerprint density at radius 3 is 2.48 bits per heavy atom. The van der Waals surface area contributed by atoms with E-state index in [1.54, 1.807) is 6.07 Å². The Balaban J connectivity index is 1.57. The van der Waals surface area contributed by atoms with Crippen molar-refractivity contribution in [3.05, 3.63) is 41.2 Å². The molecule has 1 aliphatic heterocycles. The number of benzene rings is 1. The van der Waals surface area contributed by atoms with Crippen LogP contribution in [0.2, 0.25) is 0 Å². The van der Waals surface area contributed by atoms with Gasteiger partial charge < -0.3 is 4.90 Å². The van der Waals surface area contributed by atoms with Gasteiger partial charge in [-0.1, -0.05) is 32.0 Å². The Kier molecular flexibility index (Phi) is 5.29. The van der Waals surface area contributed by atoms with E-state index in [0.717, 1.165) is 43.2 Å². The molecule has 2 heterocycles. The van der Waals surface area contributed by atoms with Crippen molar-refractivity contribution in [2.45, 2.75) is 32.5 Å². The third kappa shape index (κ3) is 4.49. The summed E-state index contributed by atoms with van der Waals surface area (Å²) >= 11 is 1.42. The van der Waals surface area contributed by atoms with Crippen molar-refractivity contribution in [3.8, 4) is 0 Å². The highest BCUT2D eigenvalue weighted by Gasteiger charge is 2.30. The number of halogens is 3. The number of aromatic nitrogens is 2. The van der Waals surface area contributed by atoms with E-state index in [4.69, 9.17) is 0 Å². The molecule has 1 aromatic heterocycles. The lowest BCUT2D eigenvalue weighted by atomic mass is 10.1. The summed E-state index contributed by atoms with van der Waals surface area (Å²) in [6.45, 7) is 7.89. The molecule has 0 radical (unpaired) electrons. The van der Waals surface area contributed by atoms with Gasteiger partial charge in [-0.3, -0.25) is 4.90 Å². The molecule has 8 heteroatoms. The third-order valence-corrected chi connectivity index (χ3v) is 5.04. The van der Waals surface area contributed by atoms with Gasteiger partial charge in [0.15, 0.2) is 0 Å². The van der Waals surface area contributed by atoms with Crippen molar-refractivity contribution in [3.63, 3.8) is 0 Å². The smallest absolute Gasteiger partial charge is 0.344 e. The van der Waals surface area contributed by atoms with Gasteiger partial charge in [0, 0.05) is 50.2 Å². The molecule has 0 spiro atoms. The minimum absolute atomic E-state index is 0.312. The predicted molar refractivity (Wildman–Crippen MR) is 92.9 cm³/mol. The Morgan fingerprint density at radius 1 is 1.16 bits per heavy atom. The summed E-state index contributed by atoms with van der Waals surface area (Å²) in [7, 11) is 0. The molecule has 1 fully saturated rings. The third-order valence-electron chi connectivity index (χ3n) is 4.25. The number of hydrogen-bond acceptors (Lipinski definition) is 5. The summed E-state index contributed by atoms with van der Waals surface area (Å²) in [5, 5.41) is 0.933. The van der Waals surface area contributed by atoms with Crippen LogP contribution in [-0.2, 0) is 12.7 Å². The minimum Gasteiger partial charge on any atom is -0.344 e. The predicted octanol–water partition coefficient (Wildman–Crippen LogP) is 4.00. The van der Waals surface area contributed by atoms with Crippen LogP contribution in [0, 0.1) is 0 Å². The van der Waals surface area contributed by atoms with E-state index in [-0.39, 0.29) is 0 Å². The second-order valence-corrected chi connectivity index (χ2v) is 7.28. The summed E-state index contributed by atoms with van der Waals surface area (Å²) in [4.78, 5) is 8.95. The van der Waals surface area contributed by atoms with Crippen molar-refractivity contribution in [1.29, 1.82) is 0 Å². The first-order valence-corrected chi connectivity index (χ1v) is 9.07. The number of anilines is 1. The largest absolute Gasteiger partial charge is 0.416 e. The van der Waals surface area contributed by atoms with Gasteiger partial charge in [0.1, 0.15) is 5.82 Å². The molecule has 2 aromatic rings. The first kappa shape index (κ1) is 18.1. The summed E-state index contributed by atoms with van der Waals surface area (Å²) in [6, 6.07) is 5.58. The van der Waals surface area contributed by atoms with Gasteiger partial charge in [-0.15, -0.1) is 0 Å². The van der Waals surface area contributed by atoms with E-state index in [1.165, 1.54) is 23.7 Å². The number of rotatable bonds is 4. The number of hydrogen-bond donors (Lipinski definition) is 0. The van der Waals surface area contributed by atoms with Gasteiger partial charge in [0.05, 0.1) is 5.56 Å². The van der Waals surface area contributed by atoms with Crippen molar-refractivity contribution in [2.75, 3.05) is 31.1 Å². The van der Waals surface area contributed by atoms with Gasteiger partial charge >= 0.3 is 6.18 Å². The lowest BCUT2D eigenvalue weighted by Gasteiger charge is -2.34. The van der Waals surface area contributed by atoms with Crippen molar-refractivity contribution in [2.24, 2.45) is 0 Å². The fourth-order valence-corrected chi connectivity index (χ4v) is 3.65. The van der Waals surface area contributed by atoms with Crippen LogP contribution in [0.4, 0.5) is 18.3 Å². The Hall–Kier alpha value is -1.67. The number of nitrogens with zero attached hydrogens (tertiary/aromatic N) is 4. The van der Waals surface area contributed by atoms with E-state index in [0.29, 0.717) is 18.0 Å². The Labute approximate surface area is 149 Å². The molecule has 1 saturated heterocycles. The first-order chi connectivity index (χ1) is 11.8. The molecule has 0 aliphatic carbocycles. The molecule has 25 heavy (non-hydrogen) atoms. The summed E-state index contributed by atoms with van der Waals surface area (Å²) in [5.41, 5.74) is 0.111. The van der Waals surface area contributed by atoms with Crippen molar-refractivity contribution < 1.29 is 13.2 Å². The molecule has 0 unspecified atom stereocenters. The monoisotopic (exact) mass is 370 g/mol. The lowest BCUT2D eigenvalue weighted by Crippen LogP contribution is -2.46. The standard InChI is InChI=1S/C17H21F3N4S/c1-12(2)15-21-16(25-22-15)24-8-6-23(7-9-24)11-13-4-3-5-14(10-13)17(18,19)20/h3-5,10,12H,6-9,11H2,1-2H3. The lowest BCUT2D eigenvalue weighted by molar-refractivity contribution is -0.137. The number of alkyl halides is 3. The van der Waals surface area contributed by atoms with E-state index < -0.39 is 11.7 Å². The topological polar surface area (TPSA) is 32.3 Å². The van der Waals surface area contributed by atoms with Crippen LogP contribution in [0.5, 0.6) is 0 Å². The molecule has 4 nitrogen and oxygen atoms in total. The maximum absolute atomic E-state index is 12.8. The molecular weight excluding hydrogens is 349 g/mol. The van der Waals surface area contributed by atoms with Gasteiger partial charge in [-0.25, -0.2) is 4.98 Å². The highest BCUT2D eigenvalue weighted by Crippen LogP contribution is 2.30. The van der Waals surface area contributed by atoms with E-state index in [2.05, 4.69) is 33.0 Å². The van der Waals surface area contributed by atoms with Crippen LogP contribution in [0.3, 0.4) is 0 Å². The second-order valence-electron chi connectivity index (χ2n) is 6.55. The fourth-order valence-electron chi connectivity index (χ4n) is 2.79. The quantitative estimate of drug-likeness (QED) is 0.814. The molecule has 1 aliphatic rings. The summed E-state index contributed by atoms with van der Waals surface area (Å²) < 4.78 is 42.8. The second kappa shape index (κ2) is 7.29. The molecular formula is C17H21F3N4S. The fraction of sp³-hybridized carbons (Fsp3) is 0.529. The zero-order chi connectivity index (χ0) is 18.0. The van der Waals surface area contributed by atoms with Crippen LogP contribution in [0.15, 0.2) is 24.3 Å². The van der Waals surface area contributed by atoms with Crippen molar-refractivity contribution in [1.82, 2.24) is 14.3 Å². The zero-order valence-corrected chi connectivity index (χ0v) is 15.1. The highest BCUT2D eigenvalue weighted by atomic mass is 32.1. The van der Waals surface area contributed by atoms with Gasteiger partial charge in [0.2, 0.25) is 5.13 Å². The van der Waals surface area contributed by atoms with Crippen LogP contribution < -0.4 is 4.90 Å². The van der Waals surface area contributed by atoms with Crippen LogP contribution in [-0.4, -0.2) is 40.4 Å². The maximum atomic E-state index is 12.8. The summed E-state index contributed by atoms with van der Waals surface area (Å²) in [6.07, 6.45) is -4.29. The van der Waals surface area contributed by atoms with Crippen LogP contribution in [0.25, 0.3) is 0 Å². The molecule has 136 valence electrons. The van der Waals surface area contributed by atoms with Gasteiger partial charge in [-0.05, 0) is 11.6 Å². The average molecular weight is 370 g/mol. The first-order valence-electron chi connectivity index (χ1n) is 8.30. The number of piperazine rings is 1. The Morgan fingerprint density at radius 2 is 1.88 bits per heavy atom. The Bertz CT molecular complexity index is 706. The highest BCUT2D eigenvalue weighted by molar-refractivity contribution is 7.09. The molecule has 0 amide bonds. The molecule has 3 rings (SSSR count).